The average molecular weight is 249 g/mol. The van der Waals surface area contributed by atoms with E-state index >= 15 is 0 Å². The van der Waals surface area contributed by atoms with E-state index in [1.807, 2.05) is 0 Å². The number of ketones is 1. The molecular weight excluding hydrogens is 240 g/mol. The number of benzene rings is 1. The van der Waals surface area contributed by atoms with Crippen LogP contribution in [-0.2, 0) is 0 Å². The summed E-state index contributed by atoms with van der Waals surface area (Å²) in [4.78, 5) is 15.2. The largest absolute Gasteiger partial charge is 0.438 e. The highest BCUT2D eigenvalue weighted by atomic mass is 19.2. The Balaban J connectivity index is 2.34. The second kappa shape index (κ2) is 4.91. The predicted octanol–water partition coefficient (Wildman–Crippen LogP) is 3.35. The lowest BCUT2D eigenvalue weighted by Crippen LogP contribution is -1.99. The molecule has 0 saturated heterocycles. The monoisotopic (exact) mass is 249 g/mol. The molecular formula is C13H9F2NO2. The van der Waals surface area contributed by atoms with Crippen LogP contribution >= 0.6 is 0 Å². The Morgan fingerprint density at radius 3 is 2.67 bits per heavy atom. The number of carbonyl (C=O) groups excluding carboxylic acids is 1. The molecule has 2 rings (SSSR count). The summed E-state index contributed by atoms with van der Waals surface area (Å²) in [6.45, 7) is 1.37. The fourth-order valence-electron chi connectivity index (χ4n) is 1.39. The molecule has 0 aliphatic heterocycles. The molecule has 0 amide bonds. The number of Topliss-reactive ketones (excluding diaryl/α,β-unsaturated/α-hetero) is 1. The lowest BCUT2D eigenvalue weighted by molar-refractivity contribution is 0.101. The number of carbonyl (C=O) groups is 1. The first-order chi connectivity index (χ1) is 8.58. The smallest absolute Gasteiger partial charge is 0.230 e. The van der Waals surface area contributed by atoms with Gasteiger partial charge in [-0.3, -0.25) is 4.79 Å². The van der Waals surface area contributed by atoms with Crippen molar-refractivity contribution in [2.75, 3.05) is 0 Å². The topological polar surface area (TPSA) is 39.2 Å². The van der Waals surface area contributed by atoms with Crippen molar-refractivity contribution < 1.29 is 18.3 Å². The fraction of sp³-hybridized carbons (Fsp3) is 0.0769. The van der Waals surface area contributed by atoms with Crippen LogP contribution in [-0.4, -0.2) is 10.8 Å². The molecule has 0 radical (unpaired) electrons. The molecule has 92 valence electrons. The summed E-state index contributed by atoms with van der Waals surface area (Å²) < 4.78 is 31.0. The lowest BCUT2D eigenvalue weighted by Gasteiger charge is -2.07. The van der Waals surface area contributed by atoms with Crippen molar-refractivity contribution in [1.82, 2.24) is 4.98 Å². The Kier molecular flexibility index (Phi) is 3.32. The van der Waals surface area contributed by atoms with Crippen LogP contribution in [0.5, 0.6) is 11.6 Å². The van der Waals surface area contributed by atoms with Crippen molar-refractivity contribution in [3.8, 4) is 11.6 Å². The second-order valence-electron chi connectivity index (χ2n) is 3.59. The van der Waals surface area contributed by atoms with Gasteiger partial charge in [0.05, 0.1) is 5.56 Å². The molecule has 0 atom stereocenters. The van der Waals surface area contributed by atoms with Gasteiger partial charge < -0.3 is 4.74 Å². The van der Waals surface area contributed by atoms with E-state index < -0.39 is 11.6 Å². The van der Waals surface area contributed by atoms with Gasteiger partial charge in [-0.15, -0.1) is 0 Å². The first-order valence-electron chi connectivity index (χ1n) is 5.17. The summed E-state index contributed by atoms with van der Waals surface area (Å²) in [7, 11) is 0. The number of rotatable bonds is 3. The molecule has 5 heteroatoms. The van der Waals surface area contributed by atoms with E-state index in [2.05, 4.69) is 4.98 Å². The third kappa shape index (κ3) is 2.51. The molecule has 1 heterocycles. The minimum atomic E-state index is -1.02. The van der Waals surface area contributed by atoms with Crippen molar-refractivity contribution in [3.05, 3.63) is 53.7 Å². The van der Waals surface area contributed by atoms with Crippen molar-refractivity contribution in [2.24, 2.45) is 0 Å². The van der Waals surface area contributed by atoms with Crippen molar-refractivity contribution in [2.45, 2.75) is 6.92 Å². The highest BCUT2D eigenvalue weighted by molar-refractivity contribution is 5.96. The van der Waals surface area contributed by atoms with Gasteiger partial charge in [0, 0.05) is 12.3 Å². The maximum Gasteiger partial charge on any atom is 0.230 e. The van der Waals surface area contributed by atoms with Gasteiger partial charge in [0.15, 0.2) is 17.4 Å². The molecule has 0 aliphatic carbocycles. The maximum atomic E-state index is 13.0. The van der Waals surface area contributed by atoms with E-state index in [4.69, 9.17) is 4.74 Å². The summed E-state index contributed by atoms with van der Waals surface area (Å²) in [5, 5.41) is 0. The van der Waals surface area contributed by atoms with Crippen molar-refractivity contribution >= 4 is 5.78 Å². The number of halogens is 2. The van der Waals surface area contributed by atoms with E-state index in [9.17, 15) is 13.6 Å². The molecule has 1 aromatic carbocycles. The van der Waals surface area contributed by atoms with Crippen LogP contribution < -0.4 is 4.74 Å². The SMILES string of the molecule is CC(=O)c1cccnc1Oc1ccc(F)c(F)c1. The summed E-state index contributed by atoms with van der Waals surface area (Å²) in [5.41, 5.74) is 0.280. The molecule has 0 N–H and O–H groups in total. The van der Waals surface area contributed by atoms with E-state index in [1.165, 1.54) is 19.2 Å². The van der Waals surface area contributed by atoms with E-state index in [1.54, 1.807) is 12.1 Å². The number of nitrogens with zero attached hydrogens (tertiary/aromatic N) is 1. The van der Waals surface area contributed by atoms with Crippen LogP contribution in [0.15, 0.2) is 36.5 Å². The van der Waals surface area contributed by atoms with E-state index in [0.29, 0.717) is 0 Å². The molecule has 3 nitrogen and oxygen atoms in total. The maximum absolute atomic E-state index is 13.0. The Labute approximate surface area is 102 Å². The van der Waals surface area contributed by atoms with Gasteiger partial charge in [0.25, 0.3) is 0 Å². The standard InChI is InChI=1S/C13H9F2NO2/c1-8(17)10-3-2-6-16-13(10)18-9-4-5-11(14)12(15)7-9/h2-7H,1H3. The van der Waals surface area contributed by atoms with Gasteiger partial charge in [-0.05, 0) is 31.2 Å². The van der Waals surface area contributed by atoms with Gasteiger partial charge in [-0.1, -0.05) is 0 Å². The Bertz CT molecular complexity index is 599. The Morgan fingerprint density at radius 2 is 2.00 bits per heavy atom. The second-order valence-corrected chi connectivity index (χ2v) is 3.59. The molecule has 0 fully saturated rings. The minimum absolute atomic E-state index is 0.0657. The minimum Gasteiger partial charge on any atom is -0.438 e. The van der Waals surface area contributed by atoms with Crippen molar-refractivity contribution in [3.63, 3.8) is 0 Å². The number of aromatic nitrogens is 1. The fourth-order valence-corrected chi connectivity index (χ4v) is 1.39. The lowest BCUT2D eigenvalue weighted by atomic mass is 10.2. The number of ether oxygens (including phenoxy) is 1. The van der Waals surface area contributed by atoms with Gasteiger partial charge in [-0.25, -0.2) is 13.8 Å². The number of hydrogen-bond donors (Lipinski definition) is 0. The summed E-state index contributed by atoms with van der Waals surface area (Å²) >= 11 is 0. The first-order valence-corrected chi connectivity index (χ1v) is 5.17. The molecule has 1 aromatic heterocycles. The zero-order valence-corrected chi connectivity index (χ0v) is 9.48. The van der Waals surface area contributed by atoms with Gasteiger partial charge >= 0.3 is 0 Å². The summed E-state index contributed by atoms with van der Waals surface area (Å²) in [5.74, 6) is -2.06. The van der Waals surface area contributed by atoms with Crippen molar-refractivity contribution in [1.29, 1.82) is 0 Å². The highest BCUT2D eigenvalue weighted by Gasteiger charge is 2.11. The molecule has 2 aromatic rings. The van der Waals surface area contributed by atoms with Crippen LogP contribution in [0.4, 0.5) is 8.78 Å². The molecule has 0 bridgehead atoms. The average Bonchev–Trinajstić information content (AvgIpc) is 2.34. The van der Waals surface area contributed by atoms with Crippen LogP contribution in [0.25, 0.3) is 0 Å². The Hall–Kier alpha value is -2.30. The van der Waals surface area contributed by atoms with Gasteiger partial charge in [-0.2, -0.15) is 0 Å². The van der Waals surface area contributed by atoms with Crippen LogP contribution in [0.1, 0.15) is 17.3 Å². The summed E-state index contributed by atoms with van der Waals surface area (Å²) in [6.07, 6.45) is 1.45. The van der Waals surface area contributed by atoms with Crippen LogP contribution in [0, 0.1) is 11.6 Å². The van der Waals surface area contributed by atoms with Crippen LogP contribution in [0.3, 0.4) is 0 Å². The first kappa shape index (κ1) is 12.2. The highest BCUT2D eigenvalue weighted by Crippen LogP contribution is 2.24. The van der Waals surface area contributed by atoms with E-state index in [-0.39, 0.29) is 23.0 Å². The zero-order chi connectivity index (χ0) is 13.1. The molecule has 0 aliphatic rings. The summed E-state index contributed by atoms with van der Waals surface area (Å²) in [6, 6.07) is 6.24. The van der Waals surface area contributed by atoms with Gasteiger partial charge in [0.2, 0.25) is 5.88 Å². The molecule has 18 heavy (non-hydrogen) atoms. The number of hydrogen-bond acceptors (Lipinski definition) is 3. The normalized spacial score (nSPS) is 10.2. The third-order valence-electron chi connectivity index (χ3n) is 2.26. The third-order valence-corrected chi connectivity index (χ3v) is 2.26. The van der Waals surface area contributed by atoms with Gasteiger partial charge in [0.1, 0.15) is 5.75 Å². The van der Waals surface area contributed by atoms with Crippen LogP contribution in [0.2, 0.25) is 0 Å². The predicted molar refractivity (Wildman–Crippen MR) is 60.7 cm³/mol. The quantitative estimate of drug-likeness (QED) is 0.783. The Morgan fingerprint density at radius 1 is 1.22 bits per heavy atom. The molecule has 0 spiro atoms. The zero-order valence-electron chi connectivity index (χ0n) is 9.48. The molecule has 0 saturated carbocycles. The number of pyridine rings is 1. The molecule has 0 unspecified atom stereocenters. The van der Waals surface area contributed by atoms with E-state index in [0.717, 1.165) is 12.1 Å².